The van der Waals surface area contributed by atoms with E-state index in [0.29, 0.717) is 0 Å². The second-order valence-electron chi connectivity index (χ2n) is 8.70. The van der Waals surface area contributed by atoms with Gasteiger partial charge in [-0.2, -0.15) is 0 Å². The first-order valence-corrected chi connectivity index (χ1v) is 12.7. The number of rotatable bonds is 11. The van der Waals surface area contributed by atoms with Gasteiger partial charge in [-0.15, -0.1) is 0 Å². The average Bonchev–Trinajstić information content (AvgIpc) is 2.92. The number of benzene rings is 3. The zero-order valence-electron chi connectivity index (χ0n) is 22.1. The predicted octanol–water partition coefficient (Wildman–Crippen LogP) is 9.83. The molecule has 0 N–H and O–H groups in total. The first kappa shape index (κ1) is 26.6. The highest BCUT2D eigenvalue weighted by atomic mass is 15.2. The first-order valence-electron chi connectivity index (χ1n) is 12.7. The second-order valence-corrected chi connectivity index (χ2v) is 8.70. The molecule has 3 rings (SSSR count). The third-order valence-electron chi connectivity index (χ3n) is 5.98. The molecule has 0 aliphatic rings. The van der Waals surface area contributed by atoms with Gasteiger partial charge in [0.15, 0.2) is 0 Å². The molecular weight excluding hydrogens is 436 g/mol. The van der Waals surface area contributed by atoms with Gasteiger partial charge in [-0.25, -0.2) is 0 Å². The van der Waals surface area contributed by atoms with Crippen LogP contribution in [0.2, 0.25) is 0 Å². The van der Waals surface area contributed by atoms with Crippen LogP contribution in [0, 0.1) is 6.92 Å². The first-order chi connectivity index (χ1) is 17.6. The number of aryl methyl sites for hydroxylation is 1. The Morgan fingerprint density at radius 2 is 1.33 bits per heavy atom. The van der Waals surface area contributed by atoms with Crippen molar-refractivity contribution in [2.24, 2.45) is 0 Å². The maximum Gasteiger partial charge on any atom is 0.0463 e. The van der Waals surface area contributed by atoms with Gasteiger partial charge in [0.25, 0.3) is 0 Å². The lowest BCUT2D eigenvalue weighted by atomic mass is 10.1. The topological polar surface area (TPSA) is 6.48 Å². The van der Waals surface area contributed by atoms with E-state index in [1.807, 2.05) is 6.08 Å². The molecule has 0 saturated heterocycles. The summed E-state index contributed by atoms with van der Waals surface area (Å²) in [6.45, 7) is 13.3. The molecule has 3 aromatic rings. The predicted molar refractivity (Wildman–Crippen MR) is 159 cm³/mol. The third-order valence-corrected chi connectivity index (χ3v) is 5.98. The van der Waals surface area contributed by atoms with Crippen molar-refractivity contribution in [3.05, 3.63) is 145 Å². The van der Waals surface area contributed by atoms with Crippen molar-refractivity contribution >= 4 is 22.7 Å². The van der Waals surface area contributed by atoms with Crippen LogP contribution in [0.4, 0.5) is 22.7 Å². The Balaban J connectivity index is 2.01. The number of hydrogen-bond acceptors (Lipinski definition) is 2. The summed E-state index contributed by atoms with van der Waals surface area (Å²) in [7, 11) is 0. The Labute approximate surface area is 217 Å². The molecule has 2 heteroatoms. The highest BCUT2D eigenvalue weighted by Crippen LogP contribution is 2.35. The maximum absolute atomic E-state index is 4.10. The van der Waals surface area contributed by atoms with Gasteiger partial charge in [-0.1, -0.05) is 85.4 Å². The lowest BCUT2D eigenvalue weighted by Crippen LogP contribution is -2.21. The van der Waals surface area contributed by atoms with E-state index in [4.69, 9.17) is 0 Å². The number of para-hydroxylation sites is 1. The molecule has 3 aromatic carbocycles. The SMILES string of the molecule is C=C/C(=C\C(C)=C\C)N(C/C=C\C=C/CC)c1ccc(N(c2ccccc2)c2ccc(C)cc2)cc1. The number of hydrogen-bond donors (Lipinski definition) is 0. The zero-order chi connectivity index (χ0) is 25.8. The van der Waals surface area contributed by atoms with E-state index in [1.54, 1.807) is 0 Å². The van der Waals surface area contributed by atoms with Gasteiger partial charge in [0, 0.05) is 35.0 Å². The molecule has 0 aliphatic carbocycles. The van der Waals surface area contributed by atoms with Gasteiger partial charge in [-0.3, -0.25) is 0 Å². The van der Waals surface area contributed by atoms with Crippen LogP contribution >= 0.6 is 0 Å². The van der Waals surface area contributed by atoms with Gasteiger partial charge < -0.3 is 9.80 Å². The molecule has 0 aliphatic heterocycles. The minimum Gasteiger partial charge on any atom is -0.338 e. The maximum atomic E-state index is 4.10. The van der Waals surface area contributed by atoms with Crippen LogP contribution in [0.5, 0.6) is 0 Å². The summed E-state index contributed by atoms with van der Waals surface area (Å²) in [5, 5.41) is 0. The summed E-state index contributed by atoms with van der Waals surface area (Å²) >= 11 is 0. The summed E-state index contributed by atoms with van der Waals surface area (Å²) in [4.78, 5) is 4.58. The van der Waals surface area contributed by atoms with E-state index in [0.717, 1.165) is 41.4 Å². The largest absolute Gasteiger partial charge is 0.338 e. The van der Waals surface area contributed by atoms with E-state index < -0.39 is 0 Å². The highest BCUT2D eigenvalue weighted by Gasteiger charge is 2.14. The van der Waals surface area contributed by atoms with E-state index >= 15 is 0 Å². The molecule has 0 fully saturated rings. The van der Waals surface area contributed by atoms with E-state index in [1.165, 1.54) is 11.1 Å². The second kappa shape index (κ2) is 13.7. The Morgan fingerprint density at radius 1 is 0.778 bits per heavy atom. The Hall–Kier alpha value is -4.04. The van der Waals surface area contributed by atoms with Crippen LogP contribution in [0.15, 0.2) is 139 Å². The van der Waals surface area contributed by atoms with Gasteiger partial charge in [0.2, 0.25) is 0 Å². The van der Waals surface area contributed by atoms with Gasteiger partial charge in [0.05, 0.1) is 0 Å². The van der Waals surface area contributed by atoms with Crippen molar-refractivity contribution in [3.8, 4) is 0 Å². The molecule has 0 radical (unpaired) electrons. The molecule has 0 heterocycles. The van der Waals surface area contributed by atoms with Crippen molar-refractivity contribution in [1.82, 2.24) is 0 Å². The summed E-state index contributed by atoms with van der Waals surface area (Å²) in [5.41, 5.74) is 8.03. The Bertz CT molecular complexity index is 1210. The smallest absolute Gasteiger partial charge is 0.0463 e. The summed E-state index contributed by atoms with van der Waals surface area (Å²) in [6, 6.07) is 27.9. The molecule has 184 valence electrons. The molecular formula is C34H38N2. The number of nitrogens with zero attached hydrogens (tertiary/aromatic N) is 2. The van der Waals surface area contributed by atoms with Crippen LogP contribution in [-0.4, -0.2) is 6.54 Å². The monoisotopic (exact) mass is 474 g/mol. The summed E-state index contributed by atoms with van der Waals surface area (Å²) in [6.07, 6.45) is 15.8. The Morgan fingerprint density at radius 3 is 1.92 bits per heavy atom. The van der Waals surface area contributed by atoms with Gasteiger partial charge in [0.1, 0.15) is 0 Å². The van der Waals surface area contributed by atoms with Crippen molar-refractivity contribution in [2.75, 3.05) is 16.3 Å². The molecule has 0 spiro atoms. The van der Waals surface area contributed by atoms with Gasteiger partial charge in [-0.05, 0) is 87.9 Å². The number of allylic oxidation sites excluding steroid dienone is 7. The standard InChI is InChI=1S/C34H38N2/c1-6-9-10-11-15-26-35(30(8-3)27-28(4)7-2)31-22-24-34(25-23-31)36(32-16-13-12-14-17-32)33-20-18-29(5)19-21-33/h7-25,27H,3,6,26H2,1-2,4-5H3/b10-9-,15-11-,28-7+,30-27+. The van der Waals surface area contributed by atoms with E-state index in [-0.39, 0.29) is 0 Å². The van der Waals surface area contributed by atoms with Crippen molar-refractivity contribution in [2.45, 2.75) is 34.1 Å². The molecule has 0 aromatic heterocycles. The van der Waals surface area contributed by atoms with Crippen LogP contribution in [0.25, 0.3) is 0 Å². The van der Waals surface area contributed by atoms with Crippen molar-refractivity contribution in [1.29, 1.82) is 0 Å². The van der Waals surface area contributed by atoms with E-state index in [2.05, 4.69) is 159 Å². The van der Waals surface area contributed by atoms with Crippen LogP contribution < -0.4 is 9.80 Å². The molecule has 0 unspecified atom stereocenters. The lowest BCUT2D eigenvalue weighted by molar-refractivity contribution is 1.04. The van der Waals surface area contributed by atoms with E-state index in [9.17, 15) is 0 Å². The summed E-state index contributed by atoms with van der Waals surface area (Å²) < 4.78 is 0. The molecule has 0 atom stereocenters. The Kier molecular flexibility index (Phi) is 10.1. The molecule has 0 amide bonds. The molecule has 0 saturated carbocycles. The molecule has 36 heavy (non-hydrogen) atoms. The number of anilines is 4. The zero-order valence-corrected chi connectivity index (χ0v) is 22.1. The fraction of sp³-hybridized carbons (Fsp3) is 0.176. The fourth-order valence-electron chi connectivity index (χ4n) is 3.88. The normalized spacial score (nSPS) is 12.3. The minimum absolute atomic E-state index is 0.753. The minimum atomic E-state index is 0.753. The fourth-order valence-corrected chi connectivity index (χ4v) is 3.88. The third kappa shape index (κ3) is 7.23. The average molecular weight is 475 g/mol. The molecule has 2 nitrogen and oxygen atoms in total. The van der Waals surface area contributed by atoms with Crippen molar-refractivity contribution < 1.29 is 0 Å². The van der Waals surface area contributed by atoms with Crippen LogP contribution in [0.3, 0.4) is 0 Å². The quantitative estimate of drug-likeness (QED) is 0.255. The van der Waals surface area contributed by atoms with Crippen LogP contribution in [0.1, 0.15) is 32.8 Å². The highest BCUT2D eigenvalue weighted by molar-refractivity contribution is 5.77. The summed E-state index contributed by atoms with van der Waals surface area (Å²) in [5.74, 6) is 0. The molecule has 0 bridgehead atoms. The van der Waals surface area contributed by atoms with Crippen LogP contribution in [-0.2, 0) is 0 Å². The van der Waals surface area contributed by atoms with Gasteiger partial charge >= 0.3 is 0 Å². The lowest BCUT2D eigenvalue weighted by Gasteiger charge is -2.28. The van der Waals surface area contributed by atoms with Crippen molar-refractivity contribution in [3.63, 3.8) is 0 Å².